The van der Waals surface area contributed by atoms with Gasteiger partial charge in [-0.25, -0.2) is 4.39 Å². The molecule has 7 heteroatoms. The molecule has 0 aliphatic carbocycles. The monoisotopic (exact) mass is 377 g/mol. The average molecular weight is 377 g/mol. The summed E-state index contributed by atoms with van der Waals surface area (Å²) in [6, 6.07) is 9.31. The van der Waals surface area contributed by atoms with Crippen LogP contribution in [0.1, 0.15) is 39.9 Å². The van der Waals surface area contributed by atoms with Gasteiger partial charge in [0.25, 0.3) is 5.91 Å². The molecular formula is C19H20FNO4S. The normalized spacial score (nSPS) is 11.7. The summed E-state index contributed by atoms with van der Waals surface area (Å²) in [5.41, 5.74) is 0.732. The maximum Gasteiger partial charge on any atom is 0.307 e. The number of ketones is 1. The number of ether oxygens (including phenoxy) is 1. The molecule has 1 aromatic carbocycles. The van der Waals surface area contributed by atoms with E-state index in [1.807, 2.05) is 13.0 Å². The van der Waals surface area contributed by atoms with Crippen LogP contribution in [0, 0.1) is 12.7 Å². The minimum Gasteiger partial charge on any atom is -0.453 e. The van der Waals surface area contributed by atoms with Crippen LogP contribution >= 0.6 is 11.3 Å². The largest absolute Gasteiger partial charge is 0.453 e. The first-order valence-corrected chi connectivity index (χ1v) is 8.98. The van der Waals surface area contributed by atoms with Gasteiger partial charge < -0.3 is 10.1 Å². The fourth-order valence-electron chi connectivity index (χ4n) is 2.17. The third-order valence-corrected chi connectivity index (χ3v) is 4.67. The minimum atomic E-state index is -0.970. The number of hydrogen-bond donors (Lipinski definition) is 1. The molecule has 0 saturated heterocycles. The van der Waals surface area contributed by atoms with Gasteiger partial charge >= 0.3 is 5.97 Å². The summed E-state index contributed by atoms with van der Waals surface area (Å²) in [6.07, 6.45) is -1.00. The smallest absolute Gasteiger partial charge is 0.307 e. The second-order valence-electron chi connectivity index (χ2n) is 5.81. The van der Waals surface area contributed by atoms with Crippen molar-refractivity contribution in [2.45, 2.75) is 39.3 Å². The molecule has 0 fully saturated rings. The summed E-state index contributed by atoms with van der Waals surface area (Å²) in [5, 5.41) is 2.61. The molecule has 138 valence electrons. The lowest BCUT2D eigenvalue weighted by Crippen LogP contribution is -2.35. The number of halogens is 1. The summed E-state index contributed by atoms with van der Waals surface area (Å²) in [5.74, 6) is -1.53. The SMILES string of the molecule is Cc1ccc(C(=O)CCC(=O)O[C@@H](C)C(=O)NCc2ccc(F)cc2)s1. The number of amides is 1. The molecule has 5 nitrogen and oxygen atoms in total. The summed E-state index contributed by atoms with van der Waals surface area (Å²) in [7, 11) is 0. The number of rotatable bonds is 8. The van der Waals surface area contributed by atoms with Gasteiger partial charge in [-0.1, -0.05) is 12.1 Å². The van der Waals surface area contributed by atoms with Gasteiger partial charge in [0.05, 0.1) is 11.3 Å². The molecule has 0 unspecified atom stereocenters. The van der Waals surface area contributed by atoms with Crippen molar-refractivity contribution >= 4 is 29.0 Å². The first-order chi connectivity index (χ1) is 12.3. The number of hydrogen-bond acceptors (Lipinski definition) is 5. The molecule has 0 aliphatic rings. The fraction of sp³-hybridized carbons (Fsp3) is 0.316. The van der Waals surface area contributed by atoms with Crippen molar-refractivity contribution < 1.29 is 23.5 Å². The number of carbonyl (C=O) groups excluding carboxylic acids is 3. The molecule has 1 amide bonds. The lowest BCUT2D eigenvalue weighted by Gasteiger charge is -2.13. The number of esters is 1. The molecule has 0 radical (unpaired) electrons. The van der Waals surface area contributed by atoms with Crippen LogP contribution in [0.3, 0.4) is 0 Å². The third-order valence-electron chi connectivity index (χ3n) is 3.63. The topological polar surface area (TPSA) is 72.5 Å². The zero-order chi connectivity index (χ0) is 19.1. The molecule has 2 rings (SSSR count). The highest BCUT2D eigenvalue weighted by atomic mass is 32.1. The highest BCUT2D eigenvalue weighted by Gasteiger charge is 2.19. The Morgan fingerprint density at radius 2 is 1.81 bits per heavy atom. The van der Waals surface area contributed by atoms with E-state index in [9.17, 15) is 18.8 Å². The van der Waals surface area contributed by atoms with Gasteiger partial charge in [0.2, 0.25) is 0 Å². The summed E-state index contributed by atoms with van der Waals surface area (Å²) < 4.78 is 17.9. The number of aryl methyl sites for hydroxylation is 1. The van der Waals surface area contributed by atoms with Crippen LogP contribution in [-0.2, 0) is 20.9 Å². The van der Waals surface area contributed by atoms with E-state index in [4.69, 9.17) is 4.74 Å². The Hall–Kier alpha value is -2.54. The Bertz CT molecular complexity index is 785. The van der Waals surface area contributed by atoms with E-state index in [0.717, 1.165) is 10.4 Å². The zero-order valence-corrected chi connectivity index (χ0v) is 15.4. The van der Waals surface area contributed by atoms with Crippen LogP contribution in [0.2, 0.25) is 0 Å². The Morgan fingerprint density at radius 3 is 2.42 bits per heavy atom. The van der Waals surface area contributed by atoms with Crippen LogP contribution < -0.4 is 5.32 Å². The summed E-state index contributed by atoms with van der Waals surface area (Å²) >= 11 is 1.38. The van der Waals surface area contributed by atoms with E-state index in [1.165, 1.54) is 30.4 Å². The molecule has 0 spiro atoms. The van der Waals surface area contributed by atoms with Crippen LogP contribution in [0.25, 0.3) is 0 Å². The quantitative estimate of drug-likeness (QED) is 0.565. The van der Waals surface area contributed by atoms with Crippen LogP contribution in [0.5, 0.6) is 0 Å². The number of Topliss-reactive ketones (excluding diaryl/α,β-unsaturated/α-hetero) is 1. The molecule has 1 aromatic heterocycles. The van der Waals surface area contributed by atoms with E-state index in [1.54, 1.807) is 18.2 Å². The second-order valence-corrected chi connectivity index (χ2v) is 7.10. The average Bonchev–Trinajstić information content (AvgIpc) is 3.05. The van der Waals surface area contributed by atoms with Gasteiger partial charge in [0, 0.05) is 17.8 Å². The summed E-state index contributed by atoms with van der Waals surface area (Å²) in [6.45, 7) is 3.57. The molecule has 26 heavy (non-hydrogen) atoms. The van der Waals surface area contributed by atoms with Gasteiger partial charge in [-0.15, -0.1) is 11.3 Å². The van der Waals surface area contributed by atoms with E-state index < -0.39 is 18.0 Å². The van der Waals surface area contributed by atoms with Crippen molar-refractivity contribution in [1.82, 2.24) is 5.32 Å². The number of carbonyl (C=O) groups is 3. The van der Waals surface area contributed by atoms with Crippen molar-refractivity contribution in [2.24, 2.45) is 0 Å². The van der Waals surface area contributed by atoms with Crippen molar-refractivity contribution in [1.29, 1.82) is 0 Å². The van der Waals surface area contributed by atoms with Crippen LogP contribution in [-0.4, -0.2) is 23.8 Å². The fourth-order valence-corrected chi connectivity index (χ4v) is 3.00. The lowest BCUT2D eigenvalue weighted by atomic mass is 10.2. The lowest BCUT2D eigenvalue weighted by molar-refractivity contribution is -0.154. The molecule has 1 N–H and O–H groups in total. The molecule has 1 atom stereocenters. The van der Waals surface area contributed by atoms with Gasteiger partial charge in [0.15, 0.2) is 11.9 Å². The molecule has 2 aromatic rings. The maximum atomic E-state index is 12.8. The predicted octanol–water partition coefficient (Wildman–Crippen LogP) is 3.41. The first kappa shape index (κ1) is 19.8. The number of benzene rings is 1. The van der Waals surface area contributed by atoms with E-state index in [0.29, 0.717) is 4.88 Å². The Labute approximate surface area is 155 Å². The number of nitrogens with one attached hydrogen (secondary N) is 1. The Kier molecular flexibility index (Phi) is 7.03. The minimum absolute atomic E-state index is 0.0444. The third kappa shape index (κ3) is 6.07. The van der Waals surface area contributed by atoms with Crippen molar-refractivity contribution in [3.8, 4) is 0 Å². The standard InChI is InChI=1S/C19H20FNO4S/c1-12-3-9-17(26-12)16(22)8-10-18(23)25-13(2)19(24)21-11-14-4-6-15(20)7-5-14/h3-7,9,13H,8,10-11H2,1-2H3,(H,21,24)/t13-/m0/s1. The molecule has 0 saturated carbocycles. The van der Waals surface area contributed by atoms with Gasteiger partial charge in [-0.3, -0.25) is 14.4 Å². The van der Waals surface area contributed by atoms with Crippen LogP contribution in [0.4, 0.5) is 4.39 Å². The van der Waals surface area contributed by atoms with Gasteiger partial charge in [0.1, 0.15) is 5.82 Å². The maximum absolute atomic E-state index is 12.8. The van der Waals surface area contributed by atoms with Crippen LogP contribution in [0.15, 0.2) is 36.4 Å². The first-order valence-electron chi connectivity index (χ1n) is 8.16. The van der Waals surface area contributed by atoms with Gasteiger partial charge in [-0.2, -0.15) is 0 Å². The molecule has 0 aliphatic heterocycles. The zero-order valence-electron chi connectivity index (χ0n) is 14.6. The van der Waals surface area contributed by atoms with Crippen molar-refractivity contribution in [3.63, 3.8) is 0 Å². The highest BCUT2D eigenvalue weighted by Crippen LogP contribution is 2.17. The predicted molar refractivity (Wildman–Crippen MR) is 96.4 cm³/mol. The van der Waals surface area contributed by atoms with Crippen molar-refractivity contribution in [2.75, 3.05) is 0 Å². The molecule has 0 bridgehead atoms. The van der Waals surface area contributed by atoms with E-state index in [-0.39, 0.29) is 31.0 Å². The molecular weight excluding hydrogens is 357 g/mol. The summed E-state index contributed by atoms with van der Waals surface area (Å²) in [4.78, 5) is 37.4. The highest BCUT2D eigenvalue weighted by molar-refractivity contribution is 7.14. The second kappa shape index (κ2) is 9.24. The Morgan fingerprint density at radius 1 is 1.12 bits per heavy atom. The van der Waals surface area contributed by atoms with Gasteiger partial charge in [-0.05, 0) is 43.7 Å². The number of thiophene rings is 1. The Balaban J connectivity index is 1.72. The van der Waals surface area contributed by atoms with E-state index in [2.05, 4.69) is 5.32 Å². The molecule has 1 heterocycles. The van der Waals surface area contributed by atoms with E-state index >= 15 is 0 Å². The van der Waals surface area contributed by atoms with Crippen molar-refractivity contribution in [3.05, 3.63) is 57.5 Å².